The number of nitrogens with one attached hydrogen (secondary N) is 2. The first kappa shape index (κ1) is 14.0. The van der Waals surface area contributed by atoms with Crippen LogP contribution in [-0.2, 0) is 11.3 Å². The number of halogens is 1. The summed E-state index contributed by atoms with van der Waals surface area (Å²) in [6.45, 7) is 5.39. The Morgan fingerprint density at radius 1 is 1.53 bits per heavy atom. The predicted octanol–water partition coefficient (Wildman–Crippen LogP) is 0.736. The molecule has 0 spiro atoms. The van der Waals surface area contributed by atoms with E-state index in [2.05, 4.69) is 22.5 Å². The molecule has 0 radical (unpaired) electrons. The highest BCUT2D eigenvalue weighted by atomic mass is 19.1. The molecule has 1 fully saturated rings. The van der Waals surface area contributed by atoms with Crippen molar-refractivity contribution in [3.8, 4) is 0 Å². The van der Waals surface area contributed by atoms with Gasteiger partial charge in [-0.15, -0.1) is 0 Å². The van der Waals surface area contributed by atoms with Crippen LogP contribution in [0.3, 0.4) is 0 Å². The van der Waals surface area contributed by atoms with Gasteiger partial charge in [0.25, 0.3) is 0 Å². The minimum atomic E-state index is -0.279. The van der Waals surface area contributed by atoms with E-state index in [-0.39, 0.29) is 18.3 Å². The minimum Gasteiger partial charge on any atom is -0.351 e. The van der Waals surface area contributed by atoms with Crippen LogP contribution in [0.25, 0.3) is 0 Å². The molecule has 0 saturated carbocycles. The van der Waals surface area contributed by atoms with E-state index in [4.69, 9.17) is 0 Å². The average molecular weight is 265 g/mol. The summed E-state index contributed by atoms with van der Waals surface area (Å²) in [5.74, 6) is -0.338. The SMILES string of the molecule is CC1CNCCN1CC(=O)NCc1ccccc1F. The molecule has 19 heavy (non-hydrogen) atoms. The van der Waals surface area contributed by atoms with Crippen molar-refractivity contribution in [2.45, 2.75) is 19.5 Å². The second-order valence-corrected chi connectivity index (χ2v) is 4.89. The molecule has 1 aromatic carbocycles. The van der Waals surface area contributed by atoms with Crippen molar-refractivity contribution in [1.29, 1.82) is 0 Å². The maximum Gasteiger partial charge on any atom is 0.234 e. The Morgan fingerprint density at radius 3 is 3.05 bits per heavy atom. The van der Waals surface area contributed by atoms with Crippen molar-refractivity contribution in [3.63, 3.8) is 0 Å². The van der Waals surface area contributed by atoms with Gasteiger partial charge in [0.1, 0.15) is 5.82 Å². The minimum absolute atomic E-state index is 0.0583. The van der Waals surface area contributed by atoms with Crippen LogP contribution >= 0.6 is 0 Å². The average Bonchev–Trinajstić information content (AvgIpc) is 2.40. The van der Waals surface area contributed by atoms with Gasteiger partial charge >= 0.3 is 0 Å². The van der Waals surface area contributed by atoms with E-state index in [1.807, 2.05) is 0 Å². The quantitative estimate of drug-likeness (QED) is 0.844. The number of carbonyl (C=O) groups excluding carboxylic acids is 1. The highest BCUT2D eigenvalue weighted by molar-refractivity contribution is 5.78. The Bertz CT molecular complexity index is 438. The molecule has 1 unspecified atom stereocenters. The third kappa shape index (κ3) is 4.01. The van der Waals surface area contributed by atoms with Gasteiger partial charge in [-0.05, 0) is 13.0 Å². The Hall–Kier alpha value is -1.46. The van der Waals surface area contributed by atoms with Crippen molar-refractivity contribution >= 4 is 5.91 Å². The molecular weight excluding hydrogens is 245 g/mol. The summed E-state index contributed by atoms with van der Waals surface area (Å²) in [6.07, 6.45) is 0. The zero-order valence-electron chi connectivity index (χ0n) is 11.2. The van der Waals surface area contributed by atoms with E-state index in [1.54, 1.807) is 18.2 Å². The fourth-order valence-electron chi connectivity index (χ4n) is 2.19. The van der Waals surface area contributed by atoms with Gasteiger partial charge in [-0.1, -0.05) is 18.2 Å². The summed E-state index contributed by atoms with van der Waals surface area (Å²) < 4.78 is 13.4. The van der Waals surface area contributed by atoms with Gasteiger partial charge in [-0.25, -0.2) is 4.39 Å². The van der Waals surface area contributed by atoms with E-state index in [9.17, 15) is 9.18 Å². The Balaban J connectivity index is 1.80. The number of hydrogen-bond acceptors (Lipinski definition) is 3. The van der Waals surface area contributed by atoms with E-state index >= 15 is 0 Å². The zero-order chi connectivity index (χ0) is 13.7. The fourth-order valence-corrected chi connectivity index (χ4v) is 2.19. The number of amides is 1. The van der Waals surface area contributed by atoms with Gasteiger partial charge in [-0.3, -0.25) is 9.69 Å². The lowest BCUT2D eigenvalue weighted by Crippen LogP contribution is -2.52. The molecular formula is C14H20FN3O. The summed E-state index contributed by atoms with van der Waals surface area (Å²) in [5.41, 5.74) is 0.518. The van der Waals surface area contributed by atoms with Crippen molar-refractivity contribution in [1.82, 2.24) is 15.5 Å². The monoisotopic (exact) mass is 265 g/mol. The second kappa shape index (κ2) is 6.63. The number of rotatable bonds is 4. The summed E-state index contributed by atoms with van der Waals surface area (Å²) in [5, 5.41) is 6.05. The molecule has 4 nitrogen and oxygen atoms in total. The third-order valence-electron chi connectivity index (χ3n) is 3.42. The highest BCUT2D eigenvalue weighted by Crippen LogP contribution is 2.06. The van der Waals surface area contributed by atoms with Gasteiger partial charge in [-0.2, -0.15) is 0 Å². The molecule has 2 rings (SSSR count). The lowest BCUT2D eigenvalue weighted by atomic mass is 10.2. The van der Waals surface area contributed by atoms with Crippen molar-refractivity contribution in [2.75, 3.05) is 26.2 Å². The number of piperazine rings is 1. The van der Waals surface area contributed by atoms with Crippen LogP contribution in [0.15, 0.2) is 24.3 Å². The highest BCUT2D eigenvalue weighted by Gasteiger charge is 2.20. The molecule has 1 heterocycles. The van der Waals surface area contributed by atoms with Crippen LogP contribution in [0.4, 0.5) is 4.39 Å². The first-order chi connectivity index (χ1) is 9.16. The lowest BCUT2D eigenvalue weighted by molar-refractivity contribution is -0.123. The van der Waals surface area contributed by atoms with Gasteiger partial charge < -0.3 is 10.6 Å². The smallest absolute Gasteiger partial charge is 0.234 e. The number of benzene rings is 1. The molecule has 1 aromatic rings. The van der Waals surface area contributed by atoms with Crippen LogP contribution in [0.5, 0.6) is 0 Å². The van der Waals surface area contributed by atoms with Crippen LogP contribution in [0.1, 0.15) is 12.5 Å². The fraction of sp³-hybridized carbons (Fsp3) is 0.500. The number of hydrogen-bond donors (Lipinski definition) is 2. The maximum absolute atomic E-state index is 13.4. The van der Waals surface area contributed by atoms with Gasteiger partial charge in [0.05, 0.1) is 6.54 Å². The van der Waals surface area contributed by atoms with Gasteiger partial charge in [0.15, 0.2) is 0 Å². The lowest BCUT2D eigenvalue weighted by Gasteiger charge is -2.33. The molecule has 0 aliphatic carbocycles. The van der Waals surface area contributed by atoms with Gasteiger partial charge in [0, 0.05) is 37.8 Å². The molecule has 1 saturated heterocycles. The summed E-state index contributed by atoms with van der Waals surface area (Å²) in [7, 11) is 0. The Morgan fingerprint density at radius 2 is 2.32 bits per heavy atom. The first-order valence-electron chi connectivity index (χ1n) is 6.61. The molecule has 5 heteroatoms. The maximum atomic E-state index is 13.4. The van der Waals surface area contributed by atoms with Crippen molar-refractivity contribution in [3.05, 3.63) is 35.6 Å². The number of carbonyl (C=O) groups is 1. The molecule has 104 valence electrons. The van der Waals surface area contributed by atoms with Crippen molar-refractivity contribution < 1.29 is 9.18 Å². The Kier molecular flexibility index (Phi) is 4.87. The molecule has 2 N–H and O–H groups in total. The summed E-state index contributed by atoms with van der Waals surface area (Å²) in [6, 6.07) is 6.85. The summed E-state index contributed by atoms with van der Waals surface area (Å²) in [4.78, 5) is 14.0. The second-order valence-electron chi connectivity index (χ2n) is 4.89. The molecule has 1 atom stereocenters. The standard InChI is InChI=1S/C14H20FN3O/c1-11-8-16-6-7-18(11)10-14(19)17-9-12-4-2-3-5-13(12)15/h2-5,11,16H,6-10H2,1H3,(H,17,19). The third-order valence-corrected chi connectivity index (χ3v) is 3.42. The van der Waals surface area contributed by atoms with Crippen LogP contribution in [0, 0.1) is 5.82 Å². The molecule has 1 aliphatic rings. The van der Waals surface area contributed by atoms with Crippen LogP contribution in [-0.4, -0.2) is 43.0 Å². The van der Waals surface area contributed by atoms with E-state index in [1.165, 1.54) is 6.07 Å². The summed E-state index contributed by atoms with van der Waals surface area (Å²) >= 11 is 0. The largest absolute Gasteiger partial charge is 0.351 e. The molecule has 1 aliphatic heterocycles. The van der Waals surface area contributed by atoms with E-state index < -0.39 is 0 Å². The van der Waals surface area contributed by atoms with Crippen LogP contribution < -0.4 is 10.6 Å². The first-order valence-corrected chi connectivity index (χ1v) is 6.61. The molecule has 1 amide bonds. The zero-order valence-corrected chi connectivity index (χ0v) is 11.2. The van der Waals surface area contributed by atoms with E-state index in [0.717, 1.165) is 19.6 Å². The molecule has 0 aromatic heterocycles. The topological polar surface area (TPSA) is 44.4 Å². The van der Waals surface area contributed by atoms with E-state index in [0.29, 0.717) is 18.2 Å². The van der Waals surface area contributed by atoms with Crippen LogP contribution in [0.2, 0.25) is 0 Å². The van der Waals surface area contributed by atoms with Crippen molar-refractivity contribution in [2.24, 2.45) is 0 Å². The molecule has 0 bridgehead atoms. The van der Waals surface area contributed by atoms with Gasteiger partial charge in [0.2, 0.25) is 5.91 Å². The Labute approximate surface area is 113 Å². The normalized spacial score (nSPS) is 20.2. The predicted molar refractivity (Wildman–Crippen MR) is 72.2 cm³/mol. The number of nitrogens with zero attached hydrogens (tertiary/aromatic N) is 1.